The van der Waals surface area contributed by atoms with Gasteiger partial charge in [0.15, 0.2) is 11.5 Å². The van der Waals surface area contributed by atoms with E-state index in [4.69, 9.17) is 23.7 Å². The van der Waals surface area contributed by atoms with Crippen molar-refractivity contribution in [1.29, 1.82) is 0 Å². The van der Waals surface area contributed by atoms with E-state index in [0.717, 1.165) is 25.7 Å². The van der Waals surface area contributed by atoms with Crippen LogP contribution >= 0.6 is 0 Å². The number of ether oxygens (including phenoxy) is 5. The Morgan fingerprint density at radius 2 is 1.67 bits per heavy atom. The van der Waals surface area contributed by atoms with Gasteiger partial charge in [0.2, 0.25) is 5.88 Å². The van der Waals surface area contributed by atoms with E-state index in [1.165, 1.54) is 13.4 Å². The van der Waals surface area contributed by atoms with Gasteiger partial charge >= 0.3 is 12.1 Å². The molecule has 1 aromatic heterocycles. The molecule has 12 heteroatoms. The first-order valence-electron chi connectivity index (χ1n) is 15.9. The molecule has 5 rings (SSSR count). The van der Waals surface area contributed by atoms with E-state index in [2.05, 4.69) is 20.6 Å². The van der Waals surface area contributed by atoms with Gasteiger partial charge in [-0.15, -0.1) is 0 Å². The van der Waals surface area contributed by atoms with Crippen molar-refractivity contribution >= 4 is 34.6 Å². The highest BCUT2D eigenvalue weighted by Gasteiger charge is 2.29. The number of rotatable bonds is 12. The fraction of sp³-hybridized carbons (Fsp3) is 0.361. The van der Waals surface area contributed by atoms with Crippen LogP contribution in [-0.4, -0.2) is 59.4 Å². The number of hydrogen-bond donors (Lipinski definition) is 2. The molecule has 0 radical (unpaired) electrons. The summed E-state index contributed by atoms with van der Waals surface area (Å²) in [6.07, 6.45) is 4.26. The second-order valence-electron chi connectivity index (χ2n) is 12.3. The zero-order chi connectivity index (χ0) is 34.1. The number of carbonyl (C=O) groups excluding carboxylic acids is 3. The average Bonchev–Trinajstić information content (AvgIpc) is 3.57. The number of aromatic nitrogens is 2. The highest BCUT2D eigenvalue weighted by Crippen LogP contribution is 2.36. The molecule has 3 aromatic carbocycles. The monoisotopic (exact) mass is 656 g/mol. The van der Waals surface area contributed by atoms with Gasteiger partial charge in [-0.05, 0) is 88.9 Å². The first-order valence-corrected chi connectivity index (χ1v) is 15.9. The first-order chi connectivity index (χ1) is 23.1. The molecule has 2 N–H and O–H groups in total. The molecule has 1 aliphatic rings. The number of amides is 2. The summed E-state index contributed by atoms with van der Waals surface area (Å²) < 4.78 is 28.8. The second-order valence-corrected chi connectivity index (χ2v) is 12.3. The van der Waals surface area contributed by atoms with Crippen molar-refractivity contribution in [1.82, 2.24) is 15.3 Å². The van der Waals surface area contributed by atoms with Gasteiger partial charge in [-0.1, -0.05) is 18.2 Å². The molecule has 0 aliphatic heterocycles. The quantitative estimate of drug-likeness (QED) is 0.156. The molecule has 1 fully saturated rings. The minimum absolute atomic E-state index is 0.0592. The molecule has 252 valence electrons. The number of hydrogen-bond acceptors (Lipinski definition) is 10. The van der Waals surface area contributed by atoms with E-state index in [9.17, 15) is 14.4 Å². The van der Waals surface area contributed by atoms with Crippen molar-refractivity contribution in [3.63, 3.8) is 0 Å². The van der Waals surface area contributed by atoms with E-state index < -0.39 is 23.7 Å². The van der Waals surface area contributed by atoms with Gasteiger partial charge in [0.25, 0.3) is 5.91 Å². The summed E-state index contributed by atoms with van der Waals surface area (Å²) in [4.78, 5) is 46.7. The highest BCUT2D eigenvalue weighted by molar-refractivity contribution is 6.04. The number of fused-ring (bicyclic) bond motifs is 1. The summed E-state index contributed by atoms with van der Waals surface area (Å²) in [5.41, 5.74) is 0.975. The molecule has 1 atom stereocenters. The Kier molecular flexibility index (Phi) is 10.9. The van der Waals surface area contributed by atoms with Crippen molar-refractivity contribution in [2.45, 2.75) is 70.6 Å². The number of methoxy groups -OCH3 is 1. The lowest BCUT2D eigenvalue weighted by Crippen LogP contribution is -2.45. The molecule has 12 nitrogen and oxygen atoms in total. The fourth-order valence-corrected chi connectivity index (χ4v) is 5.14. The third-order valence-corrected chi connectivity index (χ3v) is 7.47. The van der Waals surface area contributed by atoms with Crippen molar-refractivity contribution in [3.8, 4) is 23.1 Å². The molecule has 0 unspecified atom stereocenters. The van der Waals surface area contributed by atoms with Gasteiger partial charge in [0, 0.05) is 23.7 Å². The predicted octanol–water partition coefficient (Wildman–Crippen LogP) is 6.83. The number of benzene rings is 3. The molecule has 1 heterocycles. The maximum Gasteiger partial charge on any atom is 0.408 e. The smallest absolute Gasteiger partial charge is 0.408 e. The van der Waals surface area contributed by atoms with Crippen molar-refractivity contribution < 1.29 is 38.1 Å². The minimum atomic E-state index is -0.965. The highest BCUT2D eigenvalue weighted by atomic mass is 16.6. The number of nitrogens with one attached hydrogen (secondary N) is 2. The van der Waals surface area contributed by atoms with Crippen LogP contribution in [0.2, 0.25) is 0 Å². The number of carbonyl (C=O) groups is 3. The van der Waals surface area contributed by atoms with Gasteiger partial charge in [-0.25, -0.2) is 19.6 Å². The summed E-state index contributed by atoms with van der Waals surface area (Å²) in [7, 11) is 1.51. The summed E-state index contributed by atoms with van der Waals surface area (Å²) in [6.45, 7) is 5.30. The van der Waals surface area contributed by atoms with Crippen molar-refractivity contribution in [2.24, 2.45) is 0 Å². The van der Waals surface area contributed by atoms with E-state index in [1.807, 2.05) is 6.07 Å². The lowest BCUT2D eigenvalue weighted by atomic mass is 10.2. The summed E-state index contributed by atoms with van der Waals surface area (Å²) in [6, 6.07) is 18.3. The van der Waals surface area contributed by atoms with Crippen LogP contribution in [0.1, 0.15) is 63.2 Å². The molecular weight excluding hydrogens is 616 g/mol. The molecule has 1 saturated carbocycles. The van der Waals surface area contributed by atoms with Gasteiger partial charge in [-0.2, -0.15) is 0 Å². The number of esters is 1. The molecule has 0 spiro atoms. The van der Waals surface area contributed by atoms with Crippen molar-refractivity contribution in [3.05, 3.63) is 78.6 Å². The normalized spacial score (nSPS) is 13.8. The van der Waals surface area contributed by atoms with Crippen LogP contribution in [0.25, 0.3) is 10.9 Å². The Morgan fingerprint density at radius 3 is 2.35 bits per heavy atom. The van der Waals surface area contributed by atoms with Crippen LogP contribution in [0.15, 0.2) is 73.1 Å². The topological polar surface area (TPSA) is 147 Å². The van der Waals surface area contributed by atoms with E-state index in [1.54, 1.807) is 81.4 Å². The lowest BCUT2D eigenvalue weighted by Gasteiger charge is -2.24. The van der Waals surface area contributed by atoms with E-state index in [0.29, 0.717) is 45.3 Å². The maximum absolute atomic E-state index is 13.0. The fourth-order valence-electron chi connectivity index (χ4n) is 5.14. The standard InChI is InChI=1S/C36H40N4O8/c1-36(2,3)48-35(43)40-28(34(42)47-25-12-8-9-13-25)18-19-45-31-21-29-27(20-30(31)44-4)33(38-22-37-29)46-26-16-14-24(15-17-26)39-32(41)23-10-6-5-7-11-23/h5-7,10-11,14-17,20-22,25,28H,8-9,12-13,18-19H2,1-4H3,(H,39,41)(H,40,43)/t28-/m0/s1. The van der Waals surface area contributed by atoms with Gasteiger partial charge in [-0.3, -0.25) is 4.79 Å². The number of nitrogens with zero attached hydrogens (tertiary/aromatic N) is 2. The molecule has 48 heavy (non-hydrogen) atoms. The summed E-state index contributed by atoms with van der Waals surface area (Å²) in [5, 5.41) is 6.08. The second kappa shape index (κ2) is 15.5. The van der Waals surface area contributed by atoms with Crippen LogP contribution in [0.5, 0.6) is 23.1 Å². The Labute approximate surface area is 279 Å². The third kappa shape index (κ3) is 9.34. The molecule has 0 bridgehead atoms. The largest absolute Gasteiger partial charge is 0.493 e. The zero-order valence-electron chi connectivity index (χ0n) is 27.5. The summed E-state index contributed by atoms with van der Waals surface area (Å²) in [5.74, 6) is 0.833. The SMILES string of the molecule is COc1cc2c(Oc3ccc(NC(=O)c4ccccc4)cc3)ncnc2cc1OCC[C@H](NC(=O)OC(C)(C)C)C(=O)OC1CCCC1. The van der Waals surface area contributed by atoms with Crippen LogP contribution in [0, 0.1) is 0 Å². The third-order valence-electron chi connectivity index (χ3n) is 7.47. The maximum atomic E-state index is 13.0. The average molecular weight is 657 g/mol. The first kappa shape index (κ1) is 34.0. The van der Waals surface area contributed by atoms with Crippen LogP contribution in [0.4, 0.5) is 10.5 Å². The number of anilines is 1. The van der Waals surface area contributed by atoms with Crippen LogP contribution < -0.4 is 24.8 Å². The Hall–Kier alpha value is -5.39. The Balaban J connectivity index is 1.25. The molecule has 0 saturated heterocycles. The summed E-state index contributed by atoms with van der Waals surface area (Å²) >= 11 is 0. The van der Waals surface area contributed by atoms with Gasteiger partial charge < -0.3 is 34.3 Å². The molecule has 1 aliphatic carbocycles. The number of alkyl carbamates (subject to hydrolysis) is 1. The zero-order valence-corrected chi connectivity index (χ0v) is 27.5. The van der Waals surface area contributed by atoms with E-state index in [-0.39, 0.29) is 25.0 Å². The van der Waals surface area contributed by atoms with Crippen LogP contribution in [0.3, 0.4) is 0 Å². The Morgan fingerprint density at radius 1 is 0.938 bits per heavy atom. The van der Waals surface area contributed by atoms with Gasteiger partial charge in [0.1, 0.15) is 29.8 Å². The molecule has 2 amide bonds. The Bertz CT molecular complexity index is 1720. The van der Waals surface area contributed by atoms with Gasteiger partial charge in [0.05, 0.1) is 24.6 Å². The predicted molar refractivity (Wildman–Crippen MR) is 179 cm³/mol. The van der Waals surface area contributed by atoms with E-state index >= 15 is 0 Å². The van der Waals surface area contributed by atoms with Crippen molar-refractivity contribution in [2.75, 3.05) is 19.0 Å². The lowest BCUT2D eigenvalue weighted by molar-refractivity contribution is -0.151. The molecule has 4 aromatic rings. The minimum Gasteiger partial charge on any atom is -0.493 e. The van der Waals surface area contributed by atoms with Crippen LogP contribution in [-0.2, 0) is 14.3 Å². The molecular formula is C36H40N4O8.